The Labute approximate surface area is 94.6 Å². The topological polar surface area (TPSA) is 63.3 Å². The molecule has 0 aliphatic heterocycles. The van der Waals surface area contributed by atoms with Gasteiger partial charge in [0.05, 0.1) is 0 Å². The van der Waals surface area contributed by atoms with Crippen LogP contribution in [0.3, 0.4) is 0 Å². The van der Waals surface area contributed by atoms with Gasteiger partial charge in [0.2, 0.25) is 0 Å². The smallest absolute Gasteiger partial charge is 0.331 e. The van der Waals surface area contributed by atoms with E-state index in [0.29, 0.717) is 17.7 Å². The molecule has 0 atom stereocenters. The molecular formula is C13H15NO2. The molecule has 3 nitrogen and oxygen atoms in total. The number of hydrogen-bond donors (Lipinski definition) is 2. The maximum atomic E-state index is 11.1. The van der Waals surface area contributed by atoms with Crippen LogP contribution < -0.4 is 5.73 Å². The Morgan fingerprint density at radius 3 is 2.81 bits per heavy atom. The van der Waals surface area contributed by atoms with E-state index in [2.05, 4.69) is 0 Å². The van der Waals surface area contributed by atoms with Crippen molar-refractivity contribution in [3.8, 4) is 0 Å². The number of benzene rings is 1. The summed E-state index contributed by atoms with van der Waals surface area (Å²) in [5, 5.41) is 9.14. The van der Waals surface area contributed by atoms with Gasteiger partial charge < -0.3 is 10.8 Å². The van der Waals surface area contributed by atoms with E-state index in [0.717, 1.165) is 24.0 Å². The second kappa shape index (κ2) is 4.00. The van der Waals surface area contributed by atoms with Gasteiger partial charge in [-0.15, -0.1) is 0 Å². The zero-order valence-electron chi connectivity index (χ0n) is 9.29. The Kier molecular flexibility index (Phi) is 2.69. The fourth-order valence-electron chi connectivity index (χ4n) is 2.23. The number of allylic oxidation sites excluding steroid dienone is 1. The van der Waals surface area contributed by atoms with Gasteiger partial charge in [-0.2, -0.15) is 0 Å². The first-order valence-corrected chi connectivity index (χ1v) is 5.41. The third-order valence-electron chi connectivity index (χ3n) is 3.12. The maximum absolute atomic E-state index is 11.1. The zero-order valence-corrected chi connectivity index (χ0v) is 9.29. The molecule has 84 valence electrons. The number of carboxylic acids is 1. The van der Waals surface area contributed by atoms with Gasteiger partial charge in [-0.25, -0.2) is 4.79 Å². The highest BCUT2D eigenvalue weighted by molar-refractivity contribution is 5.96. The average molecular weight is 217 g/mol. The molecule has 0 spiro atoms. The van der Waals surface area contributed by atoms with Crippen molar-refractivity contribution in [3.05, 3.63) is 34.9 Å². The number of anilines is 1. The van der Waals surface area contributed by atoms with Crippen LogP contribution in [-0.4, -0.2) is 11.1 Å². The van der Waals surface area contributed by atoms with E-state index in [1.807, 2.05) is 25.1 Å². The predicted octanol–water partition coefficient (Wildman–Crippen LogP) is 2.46. The monoisotopic (exact) mass is 217 g/mol. The third-order valence-corrected chi connectivity index (χ3v) is 3.12. The first-order valence-electron chi connectivity index (χ1n) is 5.41. The fourth-order valence-corrected chi connectivity index (χ4v) is 2.23. The molecule has 0 aromatic heterocycles. The van der Waals surface area contributed by atoms with Crippen molar-refractivity contribution in [2.45, 2.75) is 26.2 Å². The van der Waals surface area contributed by atoms with E-state index < -0.39 is 5.97 Å². The van der Waals surface area contributed by atoms with Crippen molar-refractivity contribution in [1.29, 1.82) is 0 Å². The van der Waals surface area contributed by atoms with Crippen LogP contribution >= 0.6 is 0 Å². The lowest BCUT2D eigenvalue weighted by atomic mass is 9.97. The van der Waals surface area contributed by atoms with Crippen molar-refractivity contribution < 1.29 is 9.90 Å². The Morgan fingerprint density at radius 2 is 2.12 bits per heavy atom. The second-order valence-corrected chi connectivity index (χ2v) is 4.18. The standard InChI is InChI=1S/C13H15NO2/c1-8-11(13(15)16)4-2-3-9-5-6-10(14)7-12(8)9/h5-7H,2-4,14H2,1H3,(H,15,16). The number of hydrogen-bond acceptors (Lipinski definition) is 2. The SMILES string of the molecule is CC1=C(C(=O)O)CCCc2ccc(N)cc21. The van der Waals surface area contributed by atoms with Gasteiger partial charge >= 0.3 is 5.97 Å². The maximum Gasteiger partial charge on any atom is 0.331 e. The molecule has 1 aromatic carbocycles. The number of carbonyl (C=O) groups is 1. The lowest BCUT2D eigenvalue weighted by molar-refractivity contribution is -0.132. The molecule has 0 saturated heterocycles. The van der Waals surface area contributed by atoms with Crippen LogP contribution in [0.25, 0.3) is 5.57 Å². The van der Waals surface area contributed by atoms with Crippen LogP contribution in [0, 0.1) is 0 Å². The fraction of sp³-hybridized carbons (Fsp3) is 0.308. The summed E-state index contributed by atoms with van der Waals surface area (Å²) in [6.07, 6.45) is 2.44. The molecule has 0 saturated carbocycles. The van der Waals surface area contributed by atoms with Crippen molar-refractivity contribution in [3.63, 3.8) is 0 Å². The van der Waals surface area contributed by atoms with E-state index in [9.17, 15) is 4.79 Å². The summed E-state index contributed by atoms with van der Waals surface area (Å²) >= 11 is 0. The lowest BCUT2D eigenvalue weighted by Crippen LogP contribution is -2.02. The molecule has 2 rings (SSSR count). The summed E-state index contributed by atoms with van der Waals surface area (Å²) in [6, 6.07) is 5.75. The number of rotatable bonds is 1. The van der Waals surface area contributed by atoms with Crippen molar-refractivity contribution in [2.24, 2.45) is 0 Å². The number of nitrogens with two attached hydrogens (primary N) is 1. The van der Waals surface area contributed by atoms with E-state index >= 15 is 0 Å². The van der Waals surface area contributed by atoms with Crippen LogP contribution in [-0.2, 0) is 11.2 Å². The second-order valence-electron chi connectivity index (χ2n) is 4.18. The van der Waals surface area contributed by atoms with Crippen LogP contribution in [0.15, 0.2) is 23.8 Å². The number of aliphatic carboxylic acids is 1. The molecule has 1 aromatic rings. The highest BCUT2D eigenvalue weighted by Crippen LogP contribution is 2.31. The molecular weight excluding hydrogens is 202 g/mol. The molecule has 1 aliphatic carbocycles. The predicted molar refractivity (Wildman–Crippen MR) is 64.0 cm³/mol. The van der Waals surface area contributed by atoms with Gasteiger partial charge in [0, 0.05) is 11.3 Å². The summed E-state index contributed by atoms with van der Waals surface area (Å²) in [7, 11) is 0. The summed E-state index contributed by atoms with van der Waals surface area (Å²) in [6.45, 7) is 1.87. The van der Waals surface area contributed by atoms with E-state index in [-0.39, 0.29) is 0 Å². The number of nitrogen functional groups attached to an aromatic ring is 1. The molecule has 3 N–H and O–H groups in total. The molecule has 0 heterocycles. The van der Waals surface area contributed by atoms with Gasteiger partial charge in [0.25, 0.3) is 0 Å². The Morgan fingerprint density at radius 1 is 1.38 bits per heavy atom. The summed E-state index contributed by atoms with van der Waals surface area (Å²) in [5.74, 6) is -0.812. The lowest BCUT2D eigenvalue weighted by Gasteiger charge is -2.09. The summed E-state index contributed by atoms with van der Waals surface area (Å²) in [4.78, 5) is 11.1. The highest BCUT2D eigenvalue weighted by Gasteiger charge is 2.18. The number of fused-ring (bicyclic) bond motifs is 1. The number of carboxylic acid groups (broad SMARTS) is 1. The first-order chi connectivity index (χ1) is 7.59. The van der Waals surface area contributed by atoms with Gasteiger partial charge in [-0.3, -0.25) is 0 Å². The Balaban J connectivity index is 2.61. The Bertz CT molecular complexity index is 475. The minimum atomic E-state index is -0.812. The molecule has 0 bridgehead atoms. The molecule has 0 radical (unpaired) electrons. The highest BCUT2D eigenvalue weighted by atomic mass is 16.4. The third kappa shape index (κ3) is 1.81. The van der Waals surface area contributed by atoms with Crippen LogP contribution in [0.2, 0.25) is 0 Å². The minimum absolute atomic E-state index is 0.518. The zero-order chi connectivity index (χ0) is 11.7. The van der Waals surface area contributed by atoms with Crippen LogP contribution in [0.4, 0.5) is 5.69 Å². The van der Waals surface area contributed by atoms with Crippen molar-refractivity contribution >= 4 is 17.2 Å². The van der Waals surface area contributed by atoms with Crippen molar-refractivity contribution in [1.82, 2.24) is 0 Å². The average Bonchev–Trinajstić information content (AvgIpc) is 2.39. The molecule has 3 heteroatoms. The first kappa shape index (κ1) is 10.7. The number of aryl methyl sites for hydroxylation is 1. The van der Waals surface area contributed by atoms with E-state index in [4.69, 9.17) is 10.8 Å². The largest absolute Gasteiger partial charge is 0.478 e. The molecule has 16 heavy (non-hydrogen) atoms. The minimum Gasteiger partial charge on any atom is -0.478 e. The van der Waals surface area contributed by atoms with Gasteiger partial charge in [-0.1, -0.05) is 6.07 Å². The van der Waals surface area contributed by atoms with E-state index in [1.165, 1.54) is 5.56 Å². The molecule has 0 unspecified atom stereocenters. The quantitative estimate of drug-likeness (QED) is 0.710. The molecule has 1 aliphatic rings. The normalized spacial score (nSPS) is 15.6. The summed E-state index contributed by atoms with van der Waals surface area (Å²) < 4.78 is 0. The molecule has 0 fully saturated rings. The Hall–Kier alpha value is -1.77. The molecule has 0 amide bonds. The van der Waals surface area contributed by atoms with Gasteiger partial charge in [0.15, 0.2) is 0 Å². The van der Waals surface area contributed by atoms with E-state index in [1.54, 1.807) is 0 Å². The van der Waals surface area contributed by atoms with Crippen LogP contribution in [0.1, 0.15) is 30.9 Å². The van der Waals surface area contributed by atoms with Crippen molar-refractivity contribution in [2.75, 3.05) is 5.73 Å². The van der Waals surface area contributed by atoms with Gasteiger partial charge in [-0.05, 0) is 55.0 Å². The van der Waals surface area contributed by atoms with Crippen LogP contribution in [0.5, 0.6) is 0 Å². The van der Waals surface area contributed by atoms with Gasteiger partial charge in [0.1, 0.15) is 0 Å². The summed E-state index contributed by atoms with van der Waals surface area (Å²) in [5.41, 5.74) is 10.00.